The van der Waals surface area contributed by atoms with Gasteiger partial charge in [-0.25, -0.2) is 18.3 Å². The lowest BCUT2D eigenvalue weighted by Gasteiger charge is -2.34. The Morgan fingerprint density at radius 3 is 2.74 bits per heavy atom. The summed E-state index contributed by atoms with van der Waals surface area (Å²) in [5.41, 5.74) is 3.09. The number of imidazole rings is 1. The van der Waals surface area contributed by atoms with Crippen LogP contribution < -0.4 is 10.1 Å². The van der Waals surface area contributed by atoms with Gasteiger partial charge in [0.2, 0.25) is 11.8 Å². The molecule has 0 spiro atoms. The van der Waals surface area contributed by atoms with Crippen molar-refractivity contribution in [2.45, 2.75) is 58.8 Å². The van der Waals surface area contributed by atoms with Crippen LogP contribution in [0.5, 0.6) is 5.88 Å². The fourth-order valence-electron chi connectivity index (χ4n) is 5.44. The Bertz CT molecular complexity index is 1450. The largest absolute Gasteiger partial charge is 0.479 e. The van der Waals surface area contributed by atoms with Gasteiger partial charge in [-0.1, -0.05) is 6.92 Å². The lowest BCUT2D eigenvalue weighted by atomic mass is 10.0. The molecule has 210 valence electrons. The van der Waals surface area contributed by atoms with Crippen molar-refractivity contribution in [1.82, 2.24) is 29.0 Å². The number of rotatable bonds is 10. The molecule has 9 nitrogen and oxygen atoms in total. The predicted molar refractivity (Wildman–Crippen MR) is 148 cm³/mol. The zero-order chi connectivity index (χ0) is 27.7. The van der Waals surface area contributed by atoms with Gasteiger partial charge >= 0.3 is 0 Å². The van der Waals surface area contributed by atoms with Gasteiger partial charge in [0.15, 0.2) is 5.82 Å². The first-order chi connectivity index (χ1) is 18.8. The Labute approximate surface area is 227 Å². The van der Waals surface area contributed by atoms with Crippen molar-refractivity contribution in [3.05, 3.63) is 36.0 Å². The Kier molecular flexibility index (Phi) is 7.99. The third kappa shape index (κ3) is 5.42. The summed E-state index contributed by atoms with van der Waals surface area (Å²) >= 11 is 0. The van der Waals surface area contributed by atoms with Gasteiger partial charge in [0.25, 0.3) is 0 Å². The minimum absolute atomic E-state index is 0.127. The number of nitrogens with one attached hydrogen (secondary N) is 1. The minimum atomic E-state index is -1.07. The molecule has 1 aliphatic heterocycles. The molecule has 5 rings (SSSR count). The van der Waals surface area contributed by atoms with Crippen molar-refractivity contribution in [3.8, 4) is 17.0 Å². The summed E-state index contributed by atoms with van der Waals surface area (Å²) in [4.78, 5) is 11.1. The molecule has 0 aliphatic carbocycles. The van der Waals surface area contributed by atoms with Crippen LogP contribution in [0, 0.1) is 12.7 Å². The molecule has 1 N–H and O–H groups in total. The molecular formula is C28H37F2N7O2. The number of anilines is 1. The molecular weight excluding hydrogens is 504 g/mol. The molecule has 4 aromatic rings. The summed E-state index contributed by atoms with van der Waals surface area (Å²) < 4.78 is 45.1. The number of likely N-dealkylation sites (tertiary alicyclic amines) is 1. The molecule has 0 radical (unpaired) electrons. The van der Waals surface area contributed by atoms with Crippen LogP contribution in [-0.2, 0) is 4.74 Å². The van der Waals surface area contributed by atoms with E-state index in [4.69, 9.17) is 9.47 Å². The quantitative estimate of drug-likeness (QED) is 0.282. The van der Waals surface area contributed by atoms with E-state index in [9.17, 15) is 0 Å². The maximum atomic E-state index is 15.2. The Morgan fingerprint density at radius 1 is 1.21 bits per heavy atom. The third-order valence-corrected chi connectivity index (χ3v) is 7.27. The van der Waals surface area contributed by atoms with Crippen LogP contribution in [-0.4, -0.2) is 81.2 Å². The van der Waals surface area contributed by atoms with E-state index >= 15 is 8.78 Å². The summed E-state index contributed by atoms with van der Waals surface area (Å²) in [6.45, 7) is 11.2. The number of aromatic nitrogens is 5. The number of piperidine rings is 1. The van der Waals surface area contributed by atoms with Crippen LogP contribution in [0.25, 0.3) is 27.7 Å². The Morgan fingerprint density at radius 2 is 2.03 bits per heavy atom. The van der Waals surface area contributed by atoms with Gasteiger partial charge < -0.3 is 19.4 Å². The van der Waals surface area contributed by atoms with Gasteiger partial charge in [0.05, 0.1) is 25.3 Å². The molecule has 0 bridgehead atoms. The van der Waals surface area contributed by atoms with Crippen molar-refractivity contribution < 1.29 is 18.3 Å². The van der Waals surface area contributed by atoms with E-state index in [0.29, 0.717) is 42.0 Å². The summed E-state index contributed by atoms with van der Waals surface area (Å²) in [6.07, 6.45) is 2.31. The van der Waals surface area contributed by atoms with Crippen molar-refractivity contribution in [2.75, 3.05) is 45.3 Å². The first-order valence-corrected chi connectivity index (χ1v) is 13.6. The number of benzene rings is 1. The van der Waals surface area contributed by atoms with Crippen LogP contribution in [0.2, 0.25) is 0 Å². The standard InChI is InChI=1S/C28H37F2N7O2/c1-6-12-39-13-11-35-9-8-23(22(30)16-35)32-28-33-27(38-5)26-20(7-10-36(26)34-28)19-14-21(29)25-24(15-19)37(17(2)3)18(4)31-25/h7,10,14-15,17,22-23H,6,8-9,11-13,16H2,1-5H3,(H,32,34)/t22-,23+/m0/s1. The average Bonchev–Trinajstić information content (AvgIpc) is 3.48. The highest BCUT2D eigenvalue weighted by atomic mass is 19.1. The number of fused-ring (bicyclic) bond motifs is 2. The molecule has 1 aromatic carbocycles. The number of alkyl halides is 1. The van der Waals surface area contributed by atoms with Crippen molar-refractivity contribution in [2.24, 2.45) is 0 Å². The van der Waals surface area contributed by atoms with Gasteiger partial charge in [0.1, 0.15) is 23.0 Å². The topological polar surface area (TPSA) is 81.7 Å². The average molecular weight is 542 g/mol. The SMILES string of the molecule is CCCOCCN1CC[C@@H](Nc2nc(OC)c3c(-c4cc(F)c5nc(C)n(C(C)C)c5c4)ccn3n2)[C@@H](F)C1. The second-order valence-electron chi connectivity index (χ2n) is 10.4. The number of ether oxygens (including phenoxy) is 2. The van der Waals surface area contributed by atoms with E-state index in [-0.39, 0.29) is 17.8 Å². The molecule has 1 aliphatic rings. The smallest absolute Gasteiger partial charge is 0.244 e. The van der Waals surface area contributed by atoms with Crippen molar-refractivity contribution in [1.29, 1.82) is 0 Å². The lowest BCUT2D eigenvalue weighted by Crippen LogP contribution is -2.48. The zero-order valence-corrected chi connectivity index (χ0v) is 23.2. The Balaban J connectivity index is 1.40. The molecule has 1 saturated heterocycles. The van der Waals surface area contributed by atoms with Crippen LogP contribution in [0.4, 0.5) is 14.7 Å². The second kappa shape index (κ2) is 11.4. The summed E-state index contributed by atoms with van der Waals surface area (Å²) in [5, 5.41) is 7.76. The minimum Gasteiger partial charge on any atom is -0.479 e. The second-order valence-corrected chi connectivity index (χ2v) is 10.4. The number of hydrogen-bond donors (Lipinski definition) is 1. The van der Waals surface area contributed by atoms with Crippen LogP contribution in [0.3, 0.4) is 0 Å². The monoisotopic (exact) mass is 541 g/mol. The summed E-state index contributed by atoms with van der Waals surface area (Å²) in [5.74, 6) is 0.975. The van der Waals surface area contributed by atoms with E-state index in [1.54, 1.807) is 10.7 Å². The fourth-order valence-corrected chi connectivity index (χ4v) is 5.44. The predicted octanol–water partition coefficient (Wildman–Crippen LogP) is 5.03. The van der Waals surface area contributed by atoms with Crippen molar-refractivity contribution >= 4 is 22.5 Å². The molecule has 2 atom stereocenters. The number of aryl methyl sites for hydroxylation is 1. The van der Waals surface area contributed by atoms with E-state index in [1.165, 1.54) is 13.2 Å². The number of hydrogen-bond acceptors (Lipinski definition) is 7. The molecule has 0 unspecified atom stereocenters. The molecule has 0 amide bonds. The number of halogens is 2. The van der Waals surface area contributed by atoms with Gasteiger partial charge in [-0.15, -0.1) is 5.10 Å². The molecule has 0 saturated carbocycles. The molecule has 4 heterocycles. The highest BCUT2D eigenvalue weighted by Crippen LogP contribution is 2.35. The molecule has 11 heteroatoms. The van der Waals surface area contributed by atoms with Crippen LogP contribution in [0.1, 0.15) is 45.5 Å². The molecule has 39 heavy (non-hydrogen) atoms. The van der Waals surface area contributed by atoms with Crippen LogP contribution >= 0.6 is 0 Å². The van der Waals surface area contributed by atoms with E-state index in [0.717, 1.165) is 43.0 Å². The van der Waals surface area contributed by atoms with Gasteiger partial charge in [0, 0.05) is 44.0 Å². The highest BCUT2D eigenvalue weighted by Gasteiger charge is 2.30. The summed E-state index contributed by atoms with van der Waals surface area (Å²) in [7, 11) is 1.53. The number of methoxy groups -OCH3 is 1. The first-order valence-electron chi connectivity index (χ1n) is 13.6. The summed E-state index contributed by atoms with van der Waals surface area (Å²) in [6, 6.07) is 4.99. The van der Waals surface area contributed by atoms with Crippen molar-refractivity contribution in [3.63, 3.8) is 0 Å². The van der Waals surface area contributed by atoms with Gasteiger partial charge in [-0.05, 0) is 57.4 Å². The van der Waals surface area contributed by atoms with Gasteiger partial charge in [-0.2, -0.15) is 4.98 Å². The van der Waals surface area contributed by atoms with E-state index in [1.807, 2.05) is 37.5 Å². The molecule has 1 fully saturated rings. The molecule has 3 aromatic heterocycles. The maximum absolute atomic E-state index is 15.2. The highest BCUT2D eigenvalue weighted by molar-refractivity contribution is 5.90. The number of nitrogens with zero attached hydrogens (tertiary/aromatic N) is 6. The van der Waals surface area contributed by atoms with E-state index < -0.39 is 12.2 Å². The van der Waals surface area contributed by atoms with Gasteiger partial charge in [-0.3, -0.25) is 4.90 Å². The fraction of sp³-hybridized carbons (Fsp3) is 0.536. The first kappa shape index (κ1) is 27.3. The maximum Gasteiger partial charge on any atom is 0.244 e. The van der Waals surface area contributed by atoms with E-state index in [2.05, 4.69) is 32.2 Å². The normalized spacial score (nSPS) is 18.5. The lowest BCUT2D eigenvalue weighted by molar-refractivity contribution is 0.0719. The third-order valence-electron chi connectivity index (χ3n) is 7.27. The Hall–Kier alpha value is -3.31. The zero-order valence-electron chi connectivity index (χ0n) is 23.2. The van der Waals surface area contributed by atoms with Crippen LogP contribution in [0.15, 0.2) is 24.4 Å².